The molecule has 0 fully saturated rings. The Morgan fingerprint density at radius 2 is 1.36 bits per heavy atom. The SMILES string of the molecule is CCCCCCCCCS(=O)(=O)O.F. The van der Waals surface area contributed by atoms with Crippen molar-refractivity contribution in [2.24, 2.45) is 0 Å². The maximum Gasteiger partial charge on any atom is 0.264 e. The van der Waals surface area contributed by atoms with Crippen LogP contribution in [0, 0.1) is 0 Å². The fourth-order valence-electron chi connectivity index (χ4n) is 1.24. The summed E-state index contributed by atoms with van der Waals surface area (Å²) in [5, 5.41) is 0. The predicted molar refractivity (Wildman–Crippen MR) is 56.9 cm³/mol. The Kier molecular flexibility index (Phi) is 10.9. The summed E-state index contributed by atoms with van der Waals surface area (Å²) >= 11 is 0. The number of halogens is 1. The molecule has 0 aliphatic heterocycles. The Labute approximate surface area is 86.0 Å². The number of unbranched alkanes of at least 4 members (excludes halogenated alkanes) is 6. The van der Waals surface area contributed by atoms with Crippen LogP contribution in [0.15, 0.2) is 0 Å². The second-order valence-electron chi connectivity index (χ2n) is 3.41. The molecule has 0 bridgehead atoms. The molecule has 0 saturated carbocycles. The Morgan fingerprint density at radius 3 is 1.79 bits per heavy atom. The molecule has 0 aromatic carbocycles. The second kappa shape index (κ2) is 9.40. The molecule has 88 valence electrons. The molecule has 0 unspecified atom stereocenters. The lowest BCUT2D eigenvalue weighted by atomic mass is 10.1. The van der Waals surface area contributed by atoms with Crippen LogP contribution in [0.2, 0.25) is 0 Å². The summed E-state index contributed by atoms with van der Waals surface area (Å²) in [7, 11) is -3.72. The van der Waals surface area contributed by atoms with Gasteiger partial charge in [0, 0.05) is 0 Å². The van der Waals surface area contributed by atoms with Crippen molar-refractivity contribution in [3.8, 4) is 0 Å². The summed E-state index contributed by atoms with van der Waals surface area (Å²) in [5.74, 6) is -0.0826. The first-order chi connectivity index (χ1) is 6.06. The topological polar surface area (TPSA) is 54.4 Å². The quantitative estimate of drug-likeness (QED) is 0.513. The van der Waals surface area contributed by atoms with Gasteiger partial charge in [0.05, 0.1) is 5.75 Å². The van der Waals surface area contributed by atoms with Crippen molar-refractivity contribution in [2.75, 3.05) is 5.75 Å². The first-order valence-electron chi connectivity index (χ1n) is 5.01. The first-order valence-corrected chi connectivity index (χ1v) is 6.62. The zero-order valence-corrected chi connectivity index (χ0v) is 9.55. The fourth-order valence-corrected chi connectivity index (χ4v) is 1.81. The van der Waals surface area contributed by atoms with Crippen molar-refractivity contribution in [3.63, 3.8) is 0 Å². The summed E-state index contributed by atoms with van der Waals surface area (Å²) in [6.45, 7) is 2.17. The average Bonchev–Trinajstić information content (AvgIpc) is 2.01. The summed E-state index contributed by atoms with van der Waals surface area (Å²) in [4.78, 5) is 0. The number of rotatable bonds is 8. The van der Waals surface area contributed by atoms with Crippen molar-refractivity contribution in [1.29, 1.82) is 0 Å². The van der Waals surface area contributed by atoms with E-state index >= 15 is 0 Å². The Morgan fingerprint density at radius 1 is 0.929 bits per heavy atom. The molecule has 5 heteroatoms. The lowest BCUT2D eigenvalue weighted by Gasteiger charge is -1.99. The third-order valence-electron chi connectivity index (χ3n) is 2.01. The molecular formula is C9H21FO3S. The molecule has 0 aliphatic rings. The molecule has 0 saturated heterocycles. The molecule has 0 atom stereocenters. The van der Waals surface area contributed by atoms with E-state index < -0.39 is 10.1 Å². The molecule has 0 spiro atoms. The van der Waals surface area contributed by atoms with E-state index in [2.05, 4.69) is 6.92 Å². The fraction of sp³-hybridized carbons (Fsp3) is 1.00. The van der Waals surface area contributed by atoms with E-state index in [0.717, 1.165) is 12.8 Å². The van der Waals surface area contributed by atoms with Gasteiger partial charge in [-0.05, 0) is 6.42 Å². The average molecular weight is 228 g/mol. The van der Waals surface area contributed by atoms with Gasteiger partial charge < -0.3 is 0 Å². The zero-order chi connectivity index (χ0) is 10.2. The molecule has 0 aromatic heterocycles. The van der Waals surface area contributed by atoms with Crippen molar-refractivity contribution in [1.82, 2.24) is 0 Å². The molecule has 0 rings (SSSR count). The molecule has 1 N–H and O–H groups in total. The summed E-state index contributed by atoms with van der Waals surface area (Å²) < 4.78 is 29.1. The van der Waals surface area contributed by atoms with Crippen molar-refractivity contribution in [2.45, 2.75) is 51.9 Å². The van der Waals surface area contributed by atoms with Crippen LogP contribution in [-0.4, -0.2) is 18.7 Å². The van der Waals surface area contributed by atoms with Gasteiger partial charge in [-0.2, -0.15) is 8.42 Å². The van der Waals surface area contributed by atoms with Crippen LogP contribution in [0.4, 0.5) is 4.70 Å². The van der Waals surface area contributed by atoms with Crippen LogP contribution in [0.1, 0.15) is 51.9 Å². The number of hydrogen-bond acceptors (Lipinski definition) is 2. The minimum absolute atomic E-state index is 0. The van der Waals surface area contributed by atoms with Gasteiger partial charge in [-0.1, -0.05) is 45.4 Å². The Hall–Kier alpha value is -0.160. The predicted octanol–water partition coefficient (Wildman–Crippen LogP) is 2.78. The van der Waals surface area contributed by atoms with E-state index in [-0.39, 0.29) is 10.5 Å². The monoisotopic (exact) mass is 228 g/mol. The standard InChI is InChI=1S/C9H20O3S.FH/c1-2-3-4-5-6-7-8-9-13(10,11)12;/h2-9H2,1H3,(H,10,11,12);1H. The molecule has 3 nitrogen and oxygen atoms in total. The van der Waals surface area contributed by atoms with Gasteiger partial charge in [0.15, 0.2) is 0 Å². The van der Waals surface area contributed by atoms with Crippen LogP contribution in [-0.2, 0) is 10.1 Å². The molecule has 0 aromatic rings. The van der Waals surface area contributed by atoms with Crippen LogP contribution in [0.25, 0.3) is 0 Å². The van der Waals surface area contributed by atoms with E-state index in [1.54, 1.807) is 0 Å². The molecule has 0 heterocycles. The molecular weight excluding hydrogens is 207 g/mol. The van der Waals surface area contributed by atoms with Gasteiger partial charge >= 0.3 is 0 Å². The molecule has 14 heavy (non-hydrogen) atoms. The van der Waals surface area contributed by atoms with Crippen molar-refractivity contribution in [3.05, 3.63) is 0 Å². The highest BCUT2D eigenvalue weighted by molar-refractivity contribution is 7.85. The Bertz CT molecular complexity index is 202. The Balaban J connectivity index is 0. The summed E-state index contributed by atoms with van der Waals surface area (Å²) in [6, 6.07) is 0. The van der Waals surface area contributed by atoms with E-state index in [9.17, 15) is 8.42 Å². The summed E-state index contributed by atoms with van der Waals surface area (Å²) in [6.07, 6.45) is 7.48. The van der Waals surface area contributed by atoms with Crippen molar-refractivity contribution < 1.29 is 17.7 Å². The lowest BCUT2D eigenvalue weighted by Crippen LogP contribution is -2.03. The van der Waals surface area contributed by atoms with E-state index in [0.29, 0.717) is 6.42 Å². The third kappa shape index (κ3) is 14.4. The largest absolute Gasteiger partial charge is 0.286 e. The maximum absolute atomic E-state index is 10.3. The second-order valence-corrected chi connectivity index (χ2v) is 4.98. The first kappa shape index (κ1) is 16.3. The molecule has 0 amide bonds. The molecule has 0 radical (unpaired) electrons. The van der Waals surface area contributed by atoms with Gasteiger partial charge in [-0.25, -0.2) is 0 Å². The van der Waals surface area contributed by atoms with Crippen LogP contribution in [0.3, 0.4) is 0 Å². The van der Waals surface area contributed by atoms with Gasteiger partial charge in [-0.3, -0.25) is 9.26 Å². The number of hydrogen-bond donors (Lipinski definition) is 1. The van der Waals surface area contributed by atoms with Gasteiger partial charge in [0.1, 0.15) is 0 Å². The lowest BCUT2D eigenvalue weighted by molar-refractivity contribution is 0.478. The van der Waals surface area contributed by atoms with Gasteiger partial charge in [0.2, 0.25) is 0 Å². The zero-order valence-electron chi connectivity index (χ0n) is 8.74. The summed E-state index contributed by atoms with van der Waals surface area (Å²) in [5.41, 5.74) is 0. The van der Waals surface area contributed by atoms with Crippen molar-refractivity contribution >= 4 is 10.1 Å². The minimum Gasteiger partial charge on any atom is -0.286 e. The smallest absolute Gasteiger partial charge is 0.264 e. The normalized spacial score (nSPS) is 11.0. The molecule has 0 aliphatic carbocycles. The van der Waals surface area contributed by atoms with Crippen LogP contribution < -0.4 is 0 Å². The van der Waals surface area contributed by atoms with E-state index in [1.165, 1.54) is 25.7 Å². The highest BCUT2D eigenvalue weighted by atomic mass is 32.2. The van der Waals surface area contributed by atoms with E-state index in [1.807, 2.05) is 0 Å². The maximum atomic E-state index is 10.3. The van der Waals surface area contributed by atoms with E-state index in [4.69, 9.17) is 4.55 Å². The van der Waals surface area contributed by atoms with Gasteiger partial charge in [0.25, 0.3) is 10.1 Å². The van der Waals surface area contributed by atoms with Crippen LogP contribution >= 0.6 is 0 Å². The highest BCUT2D eigenvalue weighted by Gasteiger charge is 2.02. The minimum atomic E-state index is -3.72. The van der Waals surface area contributed by atoms with Crippen LogP contribution in [0.5, 0.6) is 0 Å². The highest BCUT2D eigenvalue weighted by Crippen LogP contribution is 2.07. The third-order valence-corrected chi connectivity index (χ3v) is 2.81. The van der Waals surface area contributed by atoms with Gasteiger partial charge in [-0.15, -0.1) is 0 Å².